The fraction of sp³-hybridized carbons (Fsp3) is 0.800. The number of nitrogens with zero attached hydrogens (tertiary/aromatic N) is 1. The number of aromatic nitrogens is 1. The van der Waals surface area contributed by atoms with Crippen molar-refractivity contribution in [3.8, 4) is 0 Å². The molecule has 0 bridgehead atoms. The molecule has 1 N–H and O–H groups in total. The summed E-state index contributed by atoms with van der Waals surface area (Å²) in [5.41, 5.74) is 1.19. The van der Waals surface area contributed by atoms with Gasteiger partial charge in [-0.1, -0.05) is 25.7 Å². The van der Waals surface area contributed by atoms with Crippen LogP contribution in [0.15, 0.2) is 5.38 Å². The Morgan fingerprint density at radius 2 is 1.89 bits per heavy atom. The Bertz CT molecular complexity index is 376. The third-order valence-corrected chi connectivity index (χ3v) is 5.31. The second kappa shape index (κ2) is 5.70. The summed E-state index contributed by atoms with van der Waals surface area (Å²) in [6.45, 7) is 2.11. The number of hydrogen-bond donors (Lipinski definition) is 1. The summed E-state index contributed by atoms with van der Waals surface area (Å²) >= 11 is 1.85. The van der Waals surface area contributed by atoms with Crippen molar-refractivity contribution in [1.29, 1.82) is 0 Å². The Kier molecular flexibility index (Phi) is 4.00. The van der Waals surface area contributed by atoms with E-state index < -0.39 is 0 Å². The van der Waals surface area contributed by atoms with Crippen LogP contribution in [-0.4, -0.2) is 11.0 Å². The topological polar surface area (TPSA) is 24.9 Å². The smallest absolute Gasteiger partial charge is 0.110 e. The first kappa shape index (κ1) is 12.6. The summed E-state index contributed by atoms with van der Waals surface area (Å²) in [4.78, 5) is 4.75. The first-order valence-electron chi connectivity index (χ1n) is 7.51. The van der Waals surface area contributed by atoms with Crippen molar-refractivity contribution in [2.45, 2.75) is 70.4 Å². The minimum atomic E-state index is 0.536. The molecule has 0 saturated heterocycles. The lowest BCUT2D eigenvalue weighted by Crippen LogP contribution is -2.30. The second-order valence-corrected chi connectivity index (χ2v) is 6.89. The Morgan fingerprint density at radius 3 is 2.44 bits per heavy atom. The maximum absolute atomic E-state index is 4.75. The number of aryl methyl sites for hydroxylation is 1. The van der Waals surface area contributed by atoms with Crippen LogP contribution >= 0.6 is 11.3 Å². The van der Waals surface area contributed by atoms with Crippen LogP contribution in [0.4, 0.5) is 0 Å². The highest BCUT2D eigenvalue weighted by molar-refractivity contribution is 7.09. The van der Waals surface area contributed by atoms with Gasteiger partial charge < -0.3 is 5.32 Å². The maximum atomic E-state index is 4.75. The average molecular weight is 264 g/mol. The summed E-state index contributed by atoms with van der Waals surface area (Å²) in [5, 5.41) is 7.41. The molecule has 3 heteroatoms. The molecule has 0 aliphatic heterocycles. The van der Waals surface area contributed by atoms with E-state index in [0.717, 1.165) is 12.0 Å². The van der Waals surface area contributed by atoms with E-state index in [-0.39, 0.29) is 0 Å². The van der Waals surface area contributed by atoms with Crippen LogP contribution in [0.25, 0.3) is 0 Å². The lowest BCUT2D eigenvalue weighted by Gasteiger charge is -2.25. The molecule has 3 rings (SSSR count). The van der Waals surface area contributed by atoms with Crippen LogP contribution in [0.3, 0.4) is 0 Å². The molecule has 0 amide bonds. The van der Waals surface area contributed by atoms with Gasteiger partial charge in [-0.3, -0.25) is 0 Å². The molecule has 1 unspecified atom stereocenters. The second-order valence-electron chi connectivity index (χ2n) is 6.00. The Balaban J connectivity index is 1.74. The van der Waals surface area contributed by atoms with Crippen molar-refractivity contribution >= 4 is 11.3 Å². The predicted molar refractivity (Wildman–Crippen MR) is 76.9 cm³/mol. The van der Waals surface area contributed by atoms with Gasteiger partial charge in [-0.2, -0.15) is 0 Å². The lowest BCUT2D eigenvalue weighted by molar-refractivity contribution is 0.322. The molecule has 0 aromatic carbocycles. The van der Waals surface area contributed by atoms with E-state index in [1.165, 1.54) is 62.1 Å². The Labute approximate surface area is 114 Å². The third-order valence-electron chi connectivity index (χ3n) is 4.27. The molecule has 1 atom stereocenters. The van der Waals surface area contributed by atoms with E-state index >= 15 is 0 Å². The molecular weight excluding hydrogens is 240 g/mol. The molecule has 2 saturated carbocycles. The van der Waals surface area contributed by atoms with Gasteiger partial charge in [-0.25, -0.2) is 4.98 Å². The van der Waals surface area contributed by atoms with Gasteiger partial charge in [0.15, 0.2) is 0 Å². The highest BCUT2D eigenvalue weighted by atomic mass is 32.1. The minimum absolute atomic E-state index is 0.536. The molecule has 0 spiro atoms. The molecule has 2 fully saturated rings. The van der Waals surface area contributed by atoms with Crippen molar-refractivity contribution in [2.24, 2.45) is 5.92 Å². The van der Waals surface area contributed by atoms with Crippen LogP contribution in [-0.2, 0) is 0 Å². The highest BCUT2D eigenvalue weighted by Gasteiger charge is 2.32. The summed E-state index contributed by atoms with van der Waals surface area (Å²) in [6.07, 6.45) is 11.2. The van der Waals surface area contributed by atoms with E-state index in [1.807, 2.05) is 11.3 Å². The number of thiazole rings is 1. The number of hydrogen-bond acceptors (Lipinski definition) is 3. The monoisotopic (exact) mass is 264 g/mol. The van der Waals surface area contributed by atoms with Crippen LogP contribution in [0.1, 0.15) is 68.1 Å². The molecule has 1 aromatic rings. The Hall–Kier alpha value is -0.410. The van der Waals surface area contributed by atoms with Crippen LogP contribution < -0.4 is 5.32 Å². The Morgan fingerprint density at radius 1 is 1.17 bits per heavy atom. The van der Waals surface area contributed by atoms with Gasteiger partial charge in [0.25, 0.3) is 0 Å². The molecule has 1 heterocycles. The van der Waals surface area contributed by atoms with Gasteiger partial charge in [0.1, 0.15) is 5.01 Å². The van der Waals surface area contributed by atoms with Gasteiger partial charge in [0.05, 0.1) is 6.04 Å². The standard InChI is InChI=1S/C15H24N2S/c1-11-10-18-15(16-11)14(17-13-8-9-13)12-6-4-2-3-5-7-12/h10,12-14,17H,2-9H2,1H3. The summed E-state index contributed by atoms with van der Waals surface area (Å²) < 4.78 is 0. The minimum Gasteiger partial charge on any atom is -0.305 e. The SMILES string of the molecule is Cc1csc(C(NC2CC2)C2CCCCCC2)n1. The summed E-state index contributed by atoms with van der Waals surface area (Å²) in [5.74, 6) is 0.818. The van der Waals surface area contributed by atoms with Crippen molar-refractivity contribution in [3.05, 3.63) is 16.1 Å². The van der Waals surface area contributed by atoms with Gasteiger partial charge in [0.2, 0.25) is 0 Å². The first-order valence-corrected chi connectivity index (χ1v) is 8.39. The summed E-state index contributed by atoms with van der Waals surface area (Å²) in [6, 6.07) is 1.32. The first-order chi connectivity index (χ1) is 8.83. The van der Waals surface area contributed by atoms with Crippen molar-refractivity contribution < 1.29 is 0 Å². The molecule has 1 aromatic heterocycles. The quantitative estimate of drug-likeness (QED) is 0.824. The van der Waals surface area contributed by atoms with Gasteiger partial charge in [-0.05, 0) is 38.5 Å². The number of nitrogens with one attached hydrogen (secondary N) is 1. The normalized spacial score (nSPS) is 23.8. The highest BCUT2D eigenvalue weighted by Crippen LogP contribution is 2.37. The van der Waals surface area contributed by atoms with Crippen LogP contribution in [0.2, 0.25) is 0 Å². The van der Waals surface area contributed by atoms with Gasteiger partial charge >= 0.3 is 0 Å². The molecule has 2 aliphatic carbocycles. The molecule has 2 nitrogen and oxygen atoms in total. The average Bonchev–Trinajstić information content (AvgIpc) is 3.13. The zero-order valence-corrected chi connectivity index (χ0v) is 12.1. The summed E-state index contributed by atoms with van der Waals surface area (Å²) in [7, 11) is 0. The molecular formula is C15H24N2S. The molecule has 100 valence electrons. The number of rotatable bonds is 4. The van der Waals surface area contributed by atoms with Crippen LogP contribution in [0, 0.1) is 12.8 Å². The van der Waals surface area contributed by atoms with Crippen LogP contribution in [0.5, 0.6) is 0 Å². The largest absolute Gasteiger partial charge is 0.305 e. The third kappa shape index (κ3) is 3.12. The van der Waals surface area contributed by atoms with Crippen molar-refractivity contribution in [3.63, 3.8) is 0 Å². The molecule has 2 aliphatic rings. The van der Waals surface area contributed by atoms with E-state index in [9.17, 15) is 0 Å². The zero-order valence-electron chi connectivity index (χ0n) is 11.3. The molecule has 18 heavy (non-hydrogen) atoms. The van der Waals surface area contributed by atoms with Crippen molar-refractivity contribution in [2.75, 3.05) is 0 Å². The van der Waals surface area contributed by atoms with E-state index in [2.05, 4.69) is 17.6 Å². The van der Waals surface area contributed by atoms with E-state index in [4.69, 9.17) is 4.98 Å². The van der Waals surface area contributed by atoms with E-state index in [1.54, 1.807) is 0 Å². The van der Waals surface area contributed by atoms with E-state index in [0.29, 0.717) is 6.04 Å². The molecule has 0 radical (unpaired) electrons. The van der Waals surface area contributed by atoms with Gasteiger partial charge in [0, 0.05) is 17.1 Å². The predicted octanol–water partition coefficient (Wildman–Crippen LogP) is 4.22. The zero-order chi connectivity index (χ0) is 12.4. The lowest BCUT2D eigenvalue weighted by atomic mass is 9.92. The fourth-order valence-electron chi connectivity index (χ4n) is 3.07. The van der Waals surface area contributed by atoms with Crippen molar-refractivity contribution in [1.82, 2.24) is 10.3 Å². The van der Waals surface area contributed by atoms with Gasteiger partial charge in [-0.15, -0.1) is 11.3 Å². The maximum Gasteiger partial charge on any atom is 0.110 e. The fourth-order valence-corrected chi connectivity index (χ4v) is 4.02.